The first-order valence-electron chi connectivity index (χ1n) is 17.6. The van der Waals surface area contributed by atoms with Crippen LogP contribution in [0.4, 0.5) is 28.8 Å². The molecule has 4 aliphatic rings. The number of thiophene rings is 1. The Morgan fingerprint density at radius 2 is 2.08 bits per heavy atom. The van der Waals surface area contributed by atoms with Crippen molar-refractivity contribution in [1.29, 1.82) is 5.26 Å². The molecule has 9 rings (SSSR count). The summed E-state index contributed by atoms with van der Waals surface area (Å²) in [6, 6.07) is 5.84. The number of carbonyl (C=O) groups excluding carboxylic acids is 1. The molecule has 4 fully saturated rings. The number of nitrogen functional groups attached to an aromatic ring is 1. The Labute approximate surface area is 310 Å². The van der Waals surface area contributed by atoms with Crippen LogP contribution in [0.5, 0.6) is 6.01 Å². The molecule has 12 nitrogen and oxygen atoms in total. The molecule has 1 amide bonds. The number of benzene rings is 2. The molecule has 4 aliphatic heterocycles. The predicted octanol–water partition coefficient (Wildman–Crippen LogP) is 6.40. The Hall–Kier alpha value is -4.72. The number of alkyl halides is 1. The van der Waals surface area contributed by atoms with E-state index in [1.807, 2.05) is 13.0 Å². The van der Waals surface area contributed by atoms with E-state index in [4.69, 9.17) is 27.1 Å². The Balaban J connectivity index is 1.14. The Bertz CT molecular complexity index is 2350. The number of halogens is 4. The number of rotatable bonds is 6. The van der Waals surface area contributed by atoms with Crippen LogP contribution in [0.3, 0.4) is 0 Å². The second kappa shape index (κ2) is 12.4. The largest absolute Gasteiger partial charge is 0.461 e. The quantitative estimate of drug-likeness (QED) is 0.207. The number of nitrogens with two attached hydrogens (primary N) is 1. The average Bonchev–Trinajstić information content (AvgIpc) is 3.96. The number of anilines is 2. The van der Waals surface area contributed by atoms with E-state index in [0.29, 0.717) is 43.8 Å². The summed E-state index contributed by atoms with van der Waals surface area (Å²) in [5, 5.41) is 14.6. The molecule has 5 aromatic rings. The van der Waals surface area contributed by atoms with Crippen LogP contribution in [0.1, 0.15) is 44.6 Å². The van der Waals surface area contributed by atoms with Gasteiger partial charge in [0.05, 0.1) is 20.8 Å². The first-order chi connectivity index (χ1) is 25.6. The van der Waals surface area contributed by atoms with Crippen LogP contribution < -0.4 is 15.4 Å². The Kier molecular flexibility index (Phi) is 7.99. The molecule has 2 aromatic carbocycles. The highest BCUT2D eigenvalue weighted by molar-refractivity contribution is 7.23. The molecule has 0 aliphatic carbocycles. The number of nitriles is 1. The minimum Gasteiger partial charge on any atom is -0.461 e. The van der Waals surface area contributed by atoms with E-state index in [2.05, 4.69) is 24.9 Å². The fourth-order valence-corrected chi connectivity index (χ4v) is 10.7. The maximum Gasteiger partial charge on any atom is 0.346 e. The van der Waals surface area contributed by atoms with Crippen LogP contribution in [-0.4, -0.2) is 97.6 Å². The molecular formula is C36H34ClF3N10O2S. The second-order valence-electron chi connectivity index (χ2n) is 14.6. The zero-order valence-electron chi connectivity index (χ0n) is 28.7. The molecule has 2 N–H and O–H groups in total. The highest BCUT2D eigenvalue weighted by atomic mass is 35.5. The normalized spacial score (nSPS) is 25.4. The maximum atomic E-state index is 17.2. The molecule has 1 spiro atoms. The third kappa shape index (κ3) is 5.14. The van der Waals surface area contributed by atoms with E-state index in [1.165, 1.54) is 29.5 Å². The summed E-state index contributed by atoms with van der Waals surface area (Å²) in [6.07, 6.45) is 5.25. The number of aromatic nitrogens is 5. The van der Waals surface area contributed by atoms with Gasteiger partial charge in [0, 0.05) is 60.4 Å². The Morgan fingerprint density at radius 1 is 1.23 bits per heavy atom. The lowest BCUT2D eigenvalue weighted by Gasteiger charge is -2.55. The van der Waals surface area contributed by atoms with Crippen molar-refractivity contribution < 1.29 is 22.7 Å². The lowest BCUT2D eigenvalue weighted by molar-refractivity contribution is -0.0282. The summed E-state index contributed by atoms with van der Waals surface area (Å²) in [5.74, 6) is -0.961. The van der Waals surface area contributed by atoms with Crippen molar-refractivity contribution in [1.82, 2.24) is 34.5 Å². The van der Waals surface area contributed by atoms with Crippen molar-refractivity contribution in [3.05, 3.63) is 53.1 Å². The number of ether oxygens (including phenoxy) is 1. The molecule has 1 unspecified atom stereocenters. The fourth-order valence-electron chi connectivity index (χ4n) is 9.41. The summed E-state index contributed by atoms with van der Waals surface area (Å²) in [6.45, 7) is 4.89. The first-order valence-corrected chi connectivity index (χ1v) is 18.8. The van der Waals surface area contributed by atoms with E-state index >= 15 is 4.39 Å². The third-order valence-electron chi connectivity index (χ3n) is 11.8. The van der Waals surface area contributed by atoms with Gasteiger partial charge < -0.3 is 20.3 Å². The number of amides is 1. The topological polar surface area (TPSA) is 142 Å². The molecule has 4 saturated heterocycles. The summed E-state index contributed by atoms with van der Waals surface area (Å²) in [4.78, 5) is 32.6. The number of carbonyl (C=O) groups is 1. The molecule has 17 heteroatoms. The smallest absolute Gasteiger partial charge is 0.346 e. The second-order valence-corrected chi connectivity index (χ2v) is 16.1. The minimum atomic E-state index is -0.961. The van der Waals surface area contributed by atoms with Gasteiger partial charge in [-0.15, -0.1) is 11.3 Å². The molecule has 0 bridgehead atoms. The van der Waals surface area contributed by atoms with Gasteiger partial charge in [-0.3, -0.25) is 4.90 Å². The van der Waals surface area contributed by atoms with Crippen molar-refractivity contribution in [2.24, 2.45) is 5.41 Å². The number of hydrogen-bond acceptors (Lipinski definition) is 11. The summed E-state index contributed by atoms with van der Waals surface area (Å²) in [5.41, 5.74) is 5.47. The molecule has 4 atom stereocenters. The van der Waals surface area contributed by atoms with Gasteiger partial charge in [-0.2, -0.15) is 25.0 Å². The van der Waals surface area contributed by atoms with Crippen molar-refractivity contribution in [3.8, 4) is 23.2 Å². The standard InChI is InChI=1S/C36H34ClF3N10O2S/c1-2-25-35(15-49(25)34(51)50-18-43-17-44-50)7-9-47(14-35)32-21-10-23(37)27(20-4-5-24(39)30-26(20)22(12-41)31(42)53-30)28(40)29(21)45-33(46-32)52-16-36-6-3-8-48(36)13-19(38)11-36/h4-5,10,17-19,25H,2-3,6-9,11,13-16,42H2,1H3/t19-,25?,35-,36+/m1/s1. The molecular weight excluding hydrogens is 729 g/mol. The summed E-state index contributed by atoms with van der Waals surface area (Å²) in [7, 11) is 0. The fraction of sp³-hybridized carbons (Fsp3) is 0.444. The number of nitrogens with zero attached hydrogens (tertiary/aromatic N) is 9. The van der Waals surface area contributed by atoms with Gasteiger partial charge in [0.15, 0.2) is 5.82 Å². The van der Waals surface area contributed by atoms with Crippen LogP contribution in [0.25, 0.3) is 32.1 Å². The lowest BCUT2D eigenvalue weighted by atomic mass is 9.70. The zero-order valence-corrected chi connectivity index (χ0v) is 30.2. The minimum absolute atomic E-state index is 0.0177. The predicted molar refractivity (Wildman–Crippen MR) is 194 cm³/mol. The van der Waals surface area contributed by atoms with Crippen molar-refractivity contribution in [2.75, 3.05) is 50.0 Å². The molecule has 53 heavy (non-hydrogen) atoms. The van der Waals surface area contributed by atoms with Gasteiger partial charge >= 0.3 is 12.0 Å². The SMILES string of the molecule is CCC1N(C(=O)n2cncn2)C[C@]12CCN(c1nc(OC[C@@]34CCCN3C[C@H](F)C4)nc3c(F)c(-c4ccc(F)c5sc(N)c(C#N)c45)c(Cl)cc13)C2. The van der Waals surface area contributed by atoms with Crippen molar-refractivity contribution in [3.63, 3.8) is 0 Å². The third-order valence-corrected chi connectivity index (χ3v) is 13.1. The molecule has 0 saturated carbocycles. The van der Waals surface area contributed by atoms with Crippen molar-refractivity contribution in [2.45, 2.75) is 56.8 Å². The summed E-state index contributed by atoms with van der Waals surface area (Å²) >= 11 is 7.83. The zero-order chi connectivity index (χ0) is 36.8. The molecule has 3 aromatic heterocycles. The average molecular weight is 763 g/mol. The lowest BCUT2D eigenvalue weighted by Crippen LogP contribution is -2.67. The van der Waals surface area contributed by atoms with E-state index in [0.717, 1.165) is 43.6 Å². The van der Waals surface area contributed by atoms with Gasteiger partial charge in [0.2, 0.25) is 0 Å². The van der Waals surface area contributed by atoms with Crippen molar-refractivity contribution >= 4 is 60.8 Å². The van der Waals surface area contributed by atoms with Crippen LogP contribution >= 0.6 is 22.9 Å². The highest BCUT2D eigenvalue weighted by Gasteiger charge is 2.57. The first kappa shape index (κ1) is 34.1. The van der Waals surface area contributed by atoms with Gasteiger partial charge in [-0.05, 0) is 49.9 Å². The molecule has 7 heterocycles. The Morgan fingerprint density at radius 3 is 2.85 bits per heavy atom. The van der Waals surface area contributed by atoms with E-state index < -0.39 is 23.3 Å². The monoisotopic (exact) mass is 762 g/mol. The number of hydrogen-bond donors (Lipinski definition) is 1. The van der Waals surface area contributed by atoms with Crippen LogP contribution in [0.2, 0.25) is 5.02 Å². The molecule has 0 radical (unpaired) electrons. The van der Waals surface area contributed by atoms with E-state index in [1.54, 1.807) is 11.0 Å². The highest BCUT2D eigenvalue weighted by Crippen LogP contribution is 2.50. The van der Waals surface area contributed by atoms with Crippen LogP contribution in [0, 0.1) is 28.4 Å². The van der Waals surface area contributed by atoms with Gasteiger partial charge in [0.25, 0.3) is 0 Å². The van der Waals surface area contributed by atoms with Crippen LogP contribution in [-0.2, 0) is 0 Å². The van der Waals surface area contributed by atoms with Gasteiger partial charge in [-0.1, -0.05) is 24.6 Å². The molecule has 274 valence electrons. The van der Waals surface area contributed by atoms with Gasteiger partial charge in [0.1, 0.15) is 53.7 Å². The van der Waals surface area contributed by atoms with E-state index in [-0.39, 0.29) is 72.4 Å². The maximum absolute atomic E-state index is 17.2. The van der Waals surface area contributed by atoms with E-state index in [9.17, 15) is 18.8 Å². The number of fused-ring (bicyclic) bond motifs is 3. The summed E-state index contributed by atoms with van der Waals surface area (Å²) < 4.78 is 54.5. The van der Waals surface area contributed by atoms with Gasteiger partial charge in [-0.25, -0.2) is 22.9 Å². The van der Waals surface area contributed by atoms with Crippen LogP contribution in [0.15, 0.2) is 30.9 Å². The number of likely N-dealkylation sites (tertiary alicyclic amines) is 1.